The van der Waals surface area contributed by atoms with Crippen LogP contribution in [0.4, 0.5) is 20.6 Å². The van der Waals surface area contributed by atoms with Gasteiger partial charge in [0, 0.05) is 11.6 Å². The van der Waals surface area contributed by atoms with Crippen LogP contribution in [-0.2, 0) is 0 Å². The van der Waals surface area contributed by atoms with Gasteiger partial charge in [0.15, 0.2) is 11.5 Å². The minimum absolute atomic E-state index is 0.110. The molecule has 0 aliphatic heterocycles. The maximum absolute atomic E-state index is 13.4. The summed E-state index contributed by atoms with van der Waals surface area (Å²) in [6.45, 7) is 1.43. The summed E-state index contributed by atoms with van der Waals surface area (Å²) in [6, 6.07) is 3.30. The molecule has 2 aromatic rings. The Kier molecular flexibility index (Phi) is 5.58. The number of ether oxygens (including phenoxy) is 2. The van der Waals surface area contributed by atoms with E-state index in [9.17, 15) is 29.4 Å². The van der Waals surface area contributed by atoms with E-state index in [-0.39, 0.29) is 22.0 Å². The molecule has 0 unspecified atom stereocenters. The highest BCUT2D eigenvalue weighted by Crippen LogP contribution is 2.34. The fraction of sp³-hybridized carbons (Fsp3) is 0.0714. The quantitative estimate of drug-likeness (QED) is 0.309. The second-order valence-electron chi connectivity index (χ2n) is 4.77. The predicted octanol–water partition coefficient (Wildman–Crippen LogP) is 4.84. The van der Waals surface area contributed by atoms with E-state index in [1.54, 1.807) is 0 Å². The lowest BCUT2D eigenvalue weighted by atomic mass is 10.2. The van der Waals surface area contributed by atoms with Crippen LogP contribution in [0.25, 0.3) is 0 Å². The SMILES string of the molecule is Cc1cc(Cl)c(OC(=O)Oc2cc([N+](=O)[O-])c(F)cc2Cl)cc1[N+](=O)[O-]. The number of carbonyl (C=O) groups is 1. The molecule has 0 aliphatic carbocycles. The first-order valence-corrected chi connectivity index (χ1v) is 7.33. The Balaban J connectivity index is 2.27. The molecule has 0 amide bonds. The van der Waals surface area contributed by atoms with Gasteiger partial charge in [-0.25, -0.2) is 4.79 Å². The Morgan fingerprint density at radius 2 is 1.42 bits per heavy atom. The summed E-state index contributed by atoms with van der Waals surface area (Å²) in [5.74, 6) is -2.14. The van der Waals surface area contributed by atoms with E-state index in [1.807, 2.05) is 0 Å². The molecule has 0 atom stereocenters. The van der Waals surface area contributed by atoms with Crippen molar-refractivity contribution < 1.29 is 28.5 Å². The standard InChI is InChI=1S/C14H7Cl2FN2O7/c1-6-2-7(15)12(4-10(6)18(21)22)25-14(20)26-13-5-11(19(23)24)9(17)3-8(13)16/h2-5H,1H3. The zero-order chi connectivity index (χ0) is 19.6. The monoisotopic (exact) mass is 404 g/mol. The summed E-state index contributed by atoms with van der Waals surface area (Å²) in [7, 11) is 0. The van der Waals surface area contributed by atoms with Crippen molar-refractivity contribution in [3.05, 3.63) is 65.9 Å². The molecule has 0 radical (unpaired) electrons. The minimum Gasteiger partial charge on any atom is -0.393 e. The Morgan fingerprint density at radius 1 is 0.962 bits per heavy atom. The smallest absolute Gasteiger partial charge is 0.393 e. The molecule has 2 rings (SSSR count). The summed E-state index contributed by atoms with van der Waals surface area (Å²) in [5.41, 5.74) is -1.09. The Labute approximate surface area is 154 Å². The Morgan fingerprint density at radius 3 is 1.92 bits per heavy atom. The fourth-order valence-corrected chi connectivity index (χ4v) is 2.30. The normalized spacial score (nSPS) is 10.3. The second kappa shape index (κ2) is 7.50. The van der Waals surface area contributed by atoms with Gasteiger partial charge in [0.2, 0.25) is 5.82 Å². The van der Waals surface area contributed by atoms with Crippen molar-refractivity contribution in [1.29, 1.82) is 0 Å². The summed E-state index contributed by atoms with van der Waals surface area (Å²) < 4.78 is 22.8. The third kappa shape index (κ3) is 4.16. The second-order valence-corrected chi connectivity index (χ2v) is 5.59. The predicted molar refractivity (Wildman–Crippen MR) is 87.6 cm³/mol. The lowest BCUT2D eigenvalue weighted by Gasteiger charge is -2.09. The first-order chi connectivity index (χ1) is 12.1. The first kappa shape index (κ1) is 19.3. The lowest BCUT2D eigenvalue weighted by Crippen LogP contribution is -2.15. The molecule has 0 heterocycles. The van der Waals surface area contributed by atoms with E-state index in [1.165, 1.54) is 13.0 Å². The molecule has 2 aromatic carbocycles. The molecule has 26 heavy (non-hydrogen) atoms. The molecule has 0 saturated carbocycles. The van der Waals surface area contributed by atoms with Crippen LogP contribution in [0.2, 0.25) is 10.0 Å². The average molecular weight is 405 g/mol. The first-order valence-electron chi connectivity index (χ1n) is 6.57. The fourth-order valence-electron chi connectivity index (χ4n) is 1.85. The van der Waals surface area contributed by atoms with Crippen LogP contribution in [0.1, 0.15) is 5.56 Å². The molecule has 136 valence electrons. The number of benzene rings is 2. The minimum atomic E-state index is -1.44. The zero-order valence-electron chi connectivity index (χ0n) is 12.7. The van der Waals surface area contributed by atoms with E-state index in [4.69, 9.17) is 27.9 Å². The number of halogens is 3. The number of aryl methyl sites for hydroxylation is 1. The number of nitro benzene ring substituents is 2. The van der Waals surface area contributed by atoms with Crippen molar-refractivity contribution in [1.82, 2.24) is 0 Å². The number of nitro groups is 2. The van der Waals surface area contributed by atoms with Gasteiger partial charge < -0.3 is 9.47 Å². The number of rotatable bonds is 4. The summed E-state index contributed by atoms with van der Waals surface area (Å²) >= 11 is 11.5. The van der Waals surface area contributed by atoms with Crippen LogP contribution >= 0.6 is 23.2 Å². The van der Waals surface area contributed by atoms with Crippen LogP contribution in [0.15, 0.2) is 24.3 Å². The van der Waals surface area contributed by atoms with E-state index in [0.717, 1.165) is 6.07 Å². The van der Waals surface area contributed by atoms with Crippen LogP contribution in [-0.4, -0.2) is 16.0 Å². The van der Waals surface area contributed by atoms with Gasteiger partial charge >= 0.3 is 11.8 Å². The average Bonchev–Trinajstić information content (AvgIpc) is 2.51. The van der Waals surface area contributed by atoms with Gasteiger partial charge in [-0.2, -0.15) is 4.39 Å². The summed E-state index contributed by atoms with van der Waals surface area (Å²) in [4.78, 5) is 31.7. The largest absolute Gasteiger partial charge is 0.519 e. The van der Waals surface area contributed by atoms with Crippen molar-refractivity contribution in [3.63, 3.8) is 0 Å². The van der Waals surface area contributed by atoms with Gasteiger partial charge in [0.25, 0.3) is 5.69 Å². The summed E-state index contributed by atoms with van der Waals surface area (Å²) in [5, 5.41) is 21.1. The van der Waals surface area contributed by atoms with E-state index < -0.39 is 38.3 Å². The van der Waals surface area contributed by atoms with E-state index in [2.05, 4.69) is 4.74 Å². The number of hydrogen-bond acceptors (Lipinski definition) is 7. The van der Waals surface area contributed by atoms with Gasteiger partial charge in [-0.15, -0.1) is 0 Å². The lowest BCUT2D eigenvalue weighted by molar-refractivity contribution is -0.387. The van der Waals surface area contributed by atoms with E-state index >= 15 is 0 Å². The topological polar surface area (TPSA) is 122 Å². The van der Waals surface area contributed by atoms with Gasteiger partial charge in [0.1, 0.15) is 0 Å². The van der Waals surface area contributed by atoms with Crippen molar-refractivity contribution >= 4 is 40.7 Å². The van der Waals surface area contributed by atoms with Crippen molar-refractivity contribution in [3.8, 4) is 11.5 Å². The number of carbonyl (C=O) groups excluding carboxylic acids is 1. The van der Waals surface area contributed by atoms with Crippen molar-refractivity contribution in [2.24, 2.45) is 0 Å². The molecular formula is C14H7Cl2FN2O7. The molecule has 0 bridgehead atoms. The summed E-state index contributed by atoms with van der Waals surface area (Å²) in [6.07, 6.45) is -1.44. The van der Waals surface area contributed by atoms with Crippen LogP contribution in [0, 0.1) is 33.0 Å². The molecule has 0 aliphatic rings. The van der Waals surface area contributed by atoms with Crippen molar-refractivity contribution in [2.75, 3.05) is 0 Å². The third-order valence-corrected chi connectivity index (χ3v) is 3.62. The van der Waals surface area contributed by atoms with Crippen molar-refractivity contribution in [2.45, 2.75) is 6.92 Å². The highest BCUT2D eigenvalue weighted by atomic mass is 35.5. The molecule has 9 nitrogen and oxygen atoms in total. The molecule has 0 fully saturated rings. The van der Waals surface area contributed by atoms with Crippen LogP contribution in [0.3, 0.4) is 0 Å². The Bertz CT molecular complexity index is 862. The van der Waals surface area contributed by atoms with Gasteiger partial charge in [-0.3, -0.25) is 20.2 Å². The van der Waals surface area contributed by atoms with Crippen LogP contribution < -0.4 is 9.47 Å². The molecular weight excluding hydrogens is 398 g/mol. The Hall–Kier alpha value is -2.98. The molecule has 0 saturated heterocycles. The highest BCUT2D eigenvalue weighted by molar-refractivity contribution is 6.32. The van der Waals surface area contributed by atoms with Gasteiger partial charge in [-0.1, -0.05) is 23.2 Å². The third-order valence-electron chi connectivity index (χ3n) is 3.03. The maximum Gasteiger partial charge on any atom is 0.519 e. The van der Waals surface area contributed by atoms with Crippen LogP contribution in [0.5, 0.6) is 11.5 Å². The van der Waals surface area contributed by atoms with E-state index in [0.29, 0.717) is 12.1 Å². The highest BCUT2D eigenvalue weighted by Gasteiger charge is 2.22. The molecule has 12 heteroatoms. The zero-order valence-corrected chi connectivity index (χ0v) is 14.2. The molecule has 0 N–H and O–H groups in total. The number of nitrogens with zero attached hydrogens (tertiary/aromatic N) is 2. The molecule has 0 spiro atoms. The van der Waals surface area contributed by atoms with Gasteiger partial charge in [0.05, 0.1) is 32.0 Å². The maximum atomic E-state index is 13.4. The van der Waals surface area contributed by atoms with Gasteiger partial charge in [-0.05, 0) is 13.0 Å². The number of hydrogen-bond donors (Lipinski definition) is 0. The molecule has 0 aromatic heterocycles.